The van der Waals surface area contributed by atoms with E-state index in [-0.39, 0.29) is 0 Å². The largest absolute Gasteiger partial charge is 0.365 e. The summed E-state index contributed by atoms with van der Waals surface area (Å²) >= 11 is 0. The molecule has 1 N–H and O–H groups in total. The lowest BCUT2D eigenvalue weighted by Gasteiger charge is -2.24. The van der Waals surface area contributed by atoms with Gasteiger partial charge in [0.25, 0.3) is 0 Å². The highest BCUT2D eigenvalue weighted by atomic mass is 15.3. The molecule has 0 bridgehead atoms. The first kappa shape index (κ1) is 11.3. The van der Waals surface area contributed by atoms with Crippen LogP contribution < -0.4 is 5.32 Å². The van der Waals surface area contributed by atoms with Gasteiger partial charge >= 0.3 is 0 Å². The molecule has 0 unspecified atom stereocenters. The van der Waals surface area contributed by atoms with Crippen LogP contribution in [0.3, 0.4) is 0 Å². The van der Waals surface area contributed by atoms with Gasteiger partial charge in [0.15, 0.2) is 0 Å². The van der Waals surface area contributed by atoms with Crippen molar-refractivity contribution in [2.75, 3.05) is 5.32 Å². The first-order valence-corrected chi connectivity index (χ1v) is 6.73. The van der Waals surface area contributed by atoms with Crippen LogP contribution in [0.25, 0.3) is 10.9 Å². The molecular formula is C14H14N6. The molecule has 3 aromatic rings. The van der Waals surface area contributed by atoms with Crippen LogP contribution in [0.5, 0.6) is 0 Å². The lowest BCUT2D eigenvalue weighted by molar-refractivity contribution is 0.441. The Labute approximate surface area is 115 Å². The number of benzene rings is 1. The predicted molar refractivity (Wildman–Crippen MR) is 75.3 cm³/mol. The third-order valence-corrected chi connectivity index (χ3v) is 3.69. The number of nitrogens with zero attached hydrogens (tertiary/aromatic N) is 5. The number of fused-ring (bicyclic) bond motifs is 2. The summed E-state index contributed by atoms with van der Waals surface area (Å²) in [6, 6.07) is 8.36. The second kappa shape index (κ2) is 4.56. The van der Waals surface area contributed by atoms with Crippen molar-refractivity contribution in [1.29, 1.82) is 0 Å². The van der Waals surface area contributed by atoms with Gasteiger partial charge in [0.1, 0.15) is 24.3 Å². The molecule has 1 aromatic carbocycles. The van der Waals surface area contributed by atoms with E-state index in [1.807, 2.05) is 28.9 Å². The summed E-state index contributed by atoms with van der Waals surface area (Å²) in [6.45, 7) is 0.827. The Bertz CT molecular complexity index is 745. The second-order valence-corrected chi connectivity index (χ2v) is 4.98. The topological polar surface area (TPSA) is 68.5 Å². The van der Waals surface area contributed by atoms with E-state index >= 15 is 0 Å². The first-order chi connectivity index (χ1) is 9.90. The van der Waals surface area contributed by atoms with Gasteiger partial charge in [-0.2, -0.15) is 5.10 Å². The lowest BCUT2D eigenvalue weighted by atomic mass is 10.1. The SMILES string of the molecule is c1ccc2c(N[C@@H]3CCc4ncnn4C3)ncnc2c1. The fourth-order valence-corrected chi connectivity index (χ4v) is 2.67. The molecule has 0 aliphatic carbocycles. The van der Waals surface area contributed by atoms with Crippen LogP contribution in [0.1, 0.15) is 12.2 Å². The third kappa shape index (κ3) is 1.89. The van der Waals surface area contributed by atoms with E-state index in [0.717, 1.165) is 41.9 Å². The fourth-order valence-electron chi connectivity index (χ4n) is 2.67. The van der Waals surface area contributed by atoms with Crippen molar-refractivity contribution >= 4 is 16.7 Å². The van der Waals surface area contributed by atoms with Gasteiger partial charge in [-0.25, -0.2) is 19.6 Å². The van der Waals surface area contributed by atoms with Gasteiger partial charge in [-0.05, 0) is 18.6 Å². The number of anilines is 1. The Balaban J connectivity index is 1.63. The van der Waals surface area contributed by atoms with E-state index in [4.69, 9.17) is 0 Å². The van der Waals surface area contributed by atoms with Crippen molar-refractivity contribution in [2.45, 2.75) is 25.4 Å². The molecule has 20 heavy (non-hydrogen) atoms. The molecular weight excluding hydrogens is 252 g/mol. The van der Waals surface area contributed by atoms with Gasteiger partial charge in [-0.15, -0.1) is 0 Å². The van der Waals surface area contributed by atoms with Crippen LogP contribution in [0.2, 0.25) is 0 Å². The minimum absolute atomic E-state index is 0.322. The van der Waals surface area contributed by atoms with Crippen LogP contribution in [0, 0.1) is 0 Å². The minimum Gasteiger partial charge on any atom is -0.365 e. The summed E-state index contributed by atoms with van der Waals surface area (Å²) in [5.41, 5.74) is 0.960. The highest BCUT2D eigenvalue weighted by Gasteiger charge is 2.20. The van der Waals surface area contributed by atoms with Gasteiger partial charge in [0, 0.05) is 17.8 Å². The molecule has 0 amide bonds. The second-order valence-electron chi connectivity index (χ2n) is 4.98. The van der Waals surface area contributed by atoms with Gasteiger partial charge in [0.2, 0.25) is 0 Å². The molecule has 0 spiro atoms. The normalized spacial score (nSPS) is 17.9. The first-order valence-electron chi connectivity index (χ1n) is 6.73. The zero-order valence-electron chi connectivity index (χ0n) is 10.9. The Morgan fingerprint density at radius 2 is 2.05 bits per heavy atom. The zero-order chi connectivity index (χ0) is 13.4. The van der Waals surface area contributed by atoms with E-state index in [2.05, 4.69) is 25.4 Å². The Kier molecular flexibility index (Phi) is 2.58. The maximum Gasteiger partial charge on any atom is 0.138 e. The van der Waals surface area contributed by atoms with Crippen molar-refractivity contribution in [3.8, 4) is 0 Å². The summed E-state index contributed by atoms with van der Waals surface area (Å²) in [4.78, 5) is 12.9. The smallest absolute Gasteiger partial charge is 0.138 e. The maximum absolute atomic E-state index is 4.38. The Morgan fingerprint density at radius 1 is 1.10 bits per heavy atom. The molecule has 3 heterocycles. The maximum atomic E-state index is 4.38. The van der Waals surface area contributed by atoms with Crippen molar-refractivity contribution in [3.63, 3.8) is 0 Å². The summed E-state index contributed by atoms with van der Waals surface area (Å²) in [5, 5.41) is 8.81. The van der Waals surface area contributed by atoms with E-state index in [0.29, 0.717) is 6.04 Å². The number of hydrogen-bond donors (Lipinski definition) is 1. The van der Waals surface area contributed by atoms with Crippen LogP contribution in [-0.4, -0.2) is 30.8 Å². The number of para-hydroxylation sites is 1. The standard InChI is InChI=1S/C14H14N6/c1-2-4-12-11(3-1)14(17-8-15-12)19-10-5-6-13-16-9-18-20(13)7-10/h1-4,8-10H,5-7H2,(H,15,17,19)/t10-/m1/s1. The summed E-state index contributed by atoms with van der Waals surface area (Å²) in [5.74, 6) is 1.96. The van der Waals surface area contributed by atoms with Crippen LogP contribution in [0.4, 0.5) is 5.82 Å². The van der Waals surface area contributed by atoms with E-state index in [1.54, 1.807) is 12.7 Å². The fraction of sp³-hybridized carbons (Fsp3) is 0.286. The van der Waals surface area contributed by atoms with Crippen molar-refractivity contribution in [1.82, 2.24) is 24.7 Å². The molecule has 6 nitrogen and oxygen atoms in total. The molecule has 1 aliphatic heterocycles. The molecule has 0 saturated heterocycles. The molecule has 2 aromatic heterocycles. The third-order valence-electron chi connectivity index (χ3n) is 3.69. The number of aryl methyl sites for hydroxylation is 1. The average Bonchev–Trinajstić information content (AvgIpc) is 2.95. The van der Waals surface area contributed by atoms with Crippen LogP contribution in [0.15, 0.2) is 36.9 Å². The Morgan fingerprint density at radius 3 is 3.05 bits per heavy atom. The van der Waals surface area contributed by atoms with Gasteiger partial charge in [0.05, 0.1) is 12.1 Å². The average molecular weight is 266 g/mol. The number of rotatable bonds is 2. The van der Waals surface area contributed by atoms with Crippen molar-refractivity contribution in [2.24, 2.45) is 0 Å². The van der Waals surface area contributed by atoms with Gasteiger partial charge < -0.3 is 5.32 Å². The summed E-state index contributed by atoms with van der Waals surface area (Å²) in [7, 11) is 0. The molecule has 0 radical (unpaired) electrons. The van der Waals surface area contributed by atoms with Gasteiger partial charge in [-0.3, -0.25) is 0 Å². The summed E-state index contributed by atoms with van der Waals surface area (Å²) in [6.07, 6.45) is 5.21. The minimum atomic E-state index is 0.322. The highest BCUT2D eigenvalue weighted by molar-refractivity contribution is 5.88. The highest BCUT2D eigenvalue weighted by Crippen LogP contribution is 2.21. The number of nitrogens with one attached hydrogen (secondary N) is 1. The van der Waals surface area contributed by atoms with Crippen LogP contribution in [-0.2, 0) is 13.0 Å². The molecule has 4 rings (SSSR count). The summed E-state index contributed by atoms with van der Waals surface area (Å²) < 4.78 is 1.96. The van der Waals surface area contributed by atoms with E-state index in [1.165, 1.54) is 0 Å². The molecule has 6 heteroatoms. The lowest BCUT2D eigenvalue weighted by Crippen LogP contribution is -2.32. The molecule has 1 atom stereocenters. The quantitative estimate of drug-likeness (QED) is 0.763. The van der Waals surface area contributed by atoms with E-state index < -0.39 is 0 Å². The van der Waals surface area contributed by atoms with Crippen molar-refractivity contribution in [3.05, 3.63) is 42.7 Å². The molecule has 1 aliphatic rings. The van der Waals surface area contributed by atoms with Gasteiger partial charge in [-0.1, -0.05) is 12.1 Å². The zero-order valence-corrected chi connectivity index (χ0v) is 10.9. The number of hydrogen-bond acceptors (Lipinski definition) is 5. The predicted octanol–water partition coefficient (Wildman–Crippen LogP) is 1.65. The monoisotopic (exact) mass is 266 g/mol. The van der Waals surface area contributed by atoms with Crippen LogP contribution >= 0.6 is 0 Å². The van der Waals surface area contributed by atoms with Crippen molar-refractivity contribution < 1.29 is 0 Å². The number of aromatic nitrogens is 5. The molecule has 100 valence electrons. The molecule has 0 fully saturated rings. The van der Waals surface area contributed by atoms with E-state index in [9.17, 15) is 0 Å². The molecule has 0 saturated carbocycles. The Hall–Kier alpha value is -2.50.